The maximum absolute atomic E-state index is 8.88. The van der Waals surface area contributed by atoms with Gasteiger partial charge in [-0.3, -0.25) is 0 Å². The van der Waals surface area contributed by atoms with Crippen molar-refractivity contribution in [3.63, 3.8) is 0 Å². The molecule has 0 aliphatic rings. The molecular weight excluding hydrogens is 188 g/mol. The first-order valence-electron chi connectivity index (χ1n) is 4.88. The zero-order valence-electron chi connectivity index (χ0n) is 9.02. The van der Waals surface area contributed by atoms with Crippen molar-refractivity contribution >= 4 is 5.65 Å². The number of nitriles is 1. The van der Waals surface area contributed by atoms with Gasteiger partial charge in [0.25, 0.3) is 0 Å². The van der Waals surface area contributed by atoms with Gasteiger partial charge in [-0.15, -0.1) is 0 Å². The quantitative estimate of drug-likeness (QED) is 0.707. The topological polar surface area (TPSA) is 54.0 Å². The molecular formula is C11H12N4. The van der Waals surface area contributed by atoms with E-state index in [0.717, 1.165) is 11.3 Å². The van der Waals surface area contributed by atoms with Crippen LogP contribution < -0.4 is 0 Å². The lowest BCUT2D eigenvalue weighted by Gasteiger charge is -2.10. The van der Waals surface area contributed by atoms with Crippen LogP contribution in [0.1, 0.15) is 36.6 Å². The van der Waals surface area contributed by atoms with E-state index in [-0.39, 0.29) is 0 Å². The summed E-state index contributed by atoms with van der Waals surface area (Å²) in [7, 11) is 0. The predicted octanol–water partition coefficient (Wildman–Crippen LogP) is 2.03. The zero-order valence-corrected chi connectivity index (χ0v) is 9.02. The molecule has 2 heterocycles. The summed E-state index contributed by atoms with van der Waals surface area (Å²) < 4.78 is 1.76. The minimum Gasteiger partial charge on any atom is -0.236 e. The van der Waals surface area contributed by atoms with Gasteiger partial charge in [0.05, 0.1) is 11.9 Å². The van der Waals surface area contributed by atoms with Gasteiger partial charge in [-0.1, -0.05) is 13.8 Å². The molecule has 2 aromatic rings. The van der Waals surface area contributed by atoms with Crippen LogP contribution in [0.4, 0.5) is 0 Å². The lowest BCUT2D eigenvalue weighted by Crippen LogP contribution is -2.05. The second-order valence-electron chi connectivity index (χ2n) is 3.89. The van der Waals surface area contributed by atoms with E-state index in [4.69, 9.17) is 5.26 Å². The van der Waals surface area contributed by atoms with Gasteiger partial charge in [-0.25, -0.2) is 9.50 Å². The molecule has 15 heavy (non-hydrogen) atoms. The fraction of sp³-hybridized carbons (Fsp3) is 0.364. The molecule has 0 bridgehead atoms. The lowest BCUT2D eigenvalue weighted by atomic mass is 10.1. The van der Waals surface area contributed by atoms with E-state index in [9.17, 15) is 0 Å². The summed E-state index contributed by atoms with van der Waals surface area (Å²) in [6.45, 7) is 6.22. The fourth-order valence-electron chi connectivity index (χ4n) is 1.81. The van der Waals surface area contributed by atoms with Gasteiger partial charge < -0.3 is 0 Å². The first-order chi connectivity index (χ1) is 7.15. The second kappa shape index (κ2) is 3.35. The highest BCUT2D eigenvalue weighted by Crippen LogP contribution is 2.20. The number of fused-ring (bicyclic) bond motifs is 1. The van der Waals surface area contributed by atoms with Gasteiger partial charge in [-0.2, -0.15) is 10.4 Å². The molecule has 0 atom stereocenters. The average molecular weight is 200 g/mol. The molecule has 0 saturated carbocycles. The third-order valence-corrected chi connectivity index (χ3v) is 2.42. The van der Waals surface area contributed by atoms with Gasteiger partial charge in [0.15, 0.2) is 5.65 Å². The largest absolute Gasteiger partial charge is 0.236 e. The van der Waals surface area contributed by atoms with Crippen LogP contribution in [-0.4, -0.2) is 14.6 Å². The highest BCUT2D eigenvalue weighted by Gasteiger charge is 2.13. The molecule has 0 saturated heterocycles. The van der Waals surface area contributed by atoms with Crippen molar-refractivity contribution in [2.24, 2.45) is 0 Å². The van der Waals surface area contributed by atoms with E-state index < -0.39 is 0 Å². The molecule has 4 heteroatoms. The van der Waals surface area contributed by atoms with Crippen molar-refractivity contribution < 1.29 is 0 Å². The SMILES string of the molecule is Cc1cnc2c(C#N)cnn2c1C(C)C. The molecule has 0 amide bonds. The Morgan fingerprint density at radius 3 is 2.73 bits per heavy atom. The predicted molar refractivity (Wildman–Crippen MR) is 56.5 cm³/mol. The maximum atomic E-state index is 8.88. The smallest absolute Gasteiger partial charge is 0.173 e. The normalized spacial score (nSPS) is 10.9. The van der Waals surface area contributed by atoms with Crippen molar-refractivity contribution in [2.45, 2.75) is 26.7 Å². The Bertz CT molecular complexity index is 545. The van der Waals surface area contributed by atoms with Crippen LogP contribution in [0.25, 0.3) is 5.65 Å². The van der Waals surface area contributed by atoms with Gasteiger partial charge in [-0.05, 0) is 18.4 Å². The molecule has 2 aromatic heterocycles. The molecule has 0 radical (unpaired) electrons. The zero-order chi connectivity index (χ0) is 11.0. The minimum absolute atomic E-state index is 0.363. The highest BCUT2D eigenvalue weighted by atomic mass is 15.3. The molecule has 0 unspecified atom stereocenters. The summed E-state index contributed by atoms with van der Waals surface area (Å²) in [5.74, 6) is 0.363. The van der Waals surface area contributed by atoms with Crippen LogP contribution in [0.3, 0.4) is 0 Å². The Kier molecular flexibility index (Phi) is 2.16. The van der Waals surface area contributed by atoms with E-state index in [0.29, 0.717) is 17.1 Å². The first-order valence-corrected chi connectivity index (χ1v) is 4.88. The van der Waals surface area contributed by atoms with E-state index in [1.54, 1.807) is 16.9 Å². The molecule has 0 aliphatic heterocycles. The Morgan fingerprint density at radius 2 is 2.13 bits per heavy atom. The molecule has 0 aromatic carbocycles. The van der Waals surface area contributed by atoms with Crippen molar-refractivity contribution in [2.75, 3.05) is 0 Å². The standard InChI is InChI=1S/C11H12N4/c1-7(2)10-8(3)5-13-11-9(4-12)6-14-15(10)11/h5-7H,1-3H3. The molecule has 0 aliphatic carbocycles. The summed E-state index contributed by atoms with van der Waals surface area (Å²) in [6.07, 6.45) is 3.36. The number of hydrogen-bond acceptors (Lipinski definition) is 3. The second-order valence-corrected chi connectivity index (χ2v) is 3.89. The summed E-state index contributed by atoms with van der Waals surface area (Å²) in [6, 6.07) is 2.09. The van der Waals surface area contributed by atoms with Gasteiger partial charge in [0.1, 0.15) is 11.6 Å². The van der Waals surface area contributed by atoms with Crippen LogP contribution in [0.15, 0.2) is 12.4 Å². The molecule has 0 N–H and O–H groups in total. The average Bonchev–Trinajstić information content (AvgIpc) is 2.59. The minimum atomic E-state index is 0.363. The summed E-state index contributed by atoms with van der Waals surface area (Å²) in [5, 5.41) is 13.1. The Morgan fingerprint density at radius 1 is 1.40 bits per heavy atom. The molecule has 4 nitrogen and oxygen atoms in total. The van der Waals surface area contributed by atoms with E-state index in [2.05, 4.69) is 30.0 Å². The fourth-order valence-corrected chi connectivity index (χ4v) is 1.81. The molecule has 76 valence electrons. The Balaban J connectivity index is 2.84. The van der Waals surface area contributed by atoms with Crippen molar-refractivity contribution in [3.8, 4) is 6.07 Å². The van der Waals surface area contributed by atoms with Crippen LogP contribution in [-0.2, 0) is 0 Å². The number of aryl methyl sites for hydroxylation is 1. The van der Waals surface area contributed by atoms with Crippen molar-refractivity contribution in [1.82, 2.24) is 14.6 Å². The number of hydrogen-bond donors (Lipinski definition) is 0. The lowest BCUT2D eigenvalue weighted by molar-refractivity contribution is 0.739. The summed E-state index contributed by atoms with van der Waals surface area (Å²) >= 11 is 0. The highest BCUT2D eigenvalue weighted by molar-refractivity contribution is 5.54. The van der Waals surface area contributed by atoms with E-state index in [1.807, 2.05) is 6.92 Å². The van der Waals surface area contributed by atoms with E-state index in [1.165, 1.54) is 0 Å². The van der Waals surface area contributed by atoms with Gasteiger partial charge in [0, 0.05) is 6.20 Å². The Labute approximate surface area is 88.2 Å². The van der Waals surface area contributed by atoms with E-state index >= 15 is 0 Å². The summed E-state index contributed by atoms with van der Waals surface area (Å²) in [4.78, 5) is 4.23. The molecule has 2 rings (SSSR count). The molecule has 0 fully saturated rings. The maximum Gasteiger partial charge on any atom is 0.173 e. The third-order valence-electron chi connectivity index (χ3n) is 2.42. The van der Waals surface area contributed by atoms with Gasteiger partial charge >= 0.3 is 0 Å². The van der Waals surface area contributed by atoms with Crippen molar-refractivity contribution in [3.05, 3.63) is 29.2 Å². The van der Waals surface area contributed by atoms with Crippen LogP contribution in [0, 0.1) is 18.3 Å². The van der Waals surface area contributed by atoms with Gasteiger partial charge in [0.2, 0.25) is 0 Å². The van der Waals surface area contributed by atoms with Crippen LogP contribution >= 0.6 is 0 Å². The number of rotatable bonds is 1. The monoisotopic (exact) mass is 200 g/mol. The van der Waals surface area contributed by atoms with Crippen LogP contribution in [0.5, 0.6) is 0 Å². The molecule has 0 spiro atoms. The number of aromatic nitrogens is 3. The van der Waals surface area contributed by atoms with Crippen molar-refractivity contribution in [1.29, 1.82) is 5.26 Å². The van der Waals surface area contributed by atoms with Crippen LogP contribution in [0.2, 0.25) is 0 Å². The summed E-state index contributed by atoms with van der Waals surface area (Å²) in [5.41, 5.74) is 3.38. The Hall–Kier alpha value is -1.89. The first kappa shape index (κ1) is 9.66. The number of nitrogens with zero attached hydrogens (tertiary/aromatic N) is 4. The third kappa shape index (κ3) is 1.37.